The lowest BCUT2D eigenvalue weighted by atomic mass is 10.1. The van der Waals surface area contributed by atoms with Gasteiger partial charge in [-0.05, 0) is 53.2 Å². The second-order valence-corrected chi connectivity index (χ2v) is 7.49. The summed E-state index contributed by atoms with van der Waals surface area (Å²) in [7, 11) is 1.51. The monoisotopic (exact) mass is 432 g/mol. The highest BCUT2D eigenvalue weighted by molar-refractivity contribution is 8.18. The maximum Gasteiger partial charge on any atom is 0.294 e. The highest BCUT2D eigenvalue weighted by Gasteiger charge is 2.35. The third-order valence-electron chi connectivity index (χ3n) is 3.96. The van der Waals surface area contributed by atoms with E-state index in [1.54, 1.807) is 30.3 Å². The molecule has 150 valence electrons. The molecule has 3 amide bonds. The van der Waals surface area contributed by atoms with Crippen LogP contribution in [0.2, 0.25) is 5.02 Å². The van der Waals surface area contributed by atoms with Gasteiger partial charge in [0.2, 0.25) is 5.91 Å². The lowest BCUT2D eigenvalue weighted by Gasteiger charge is -2.12. The van der Waals surface area contributed by atoms with Crippen LogP contribution in [0.3, 0.4) is 0 Å². The van der Waals surface area contributed by atoms with Gasteiger partial charge in [0, 0.05) is 5.02 Å². The van der Waals surface area contributed by atoms with Crippen molar-refractivity contribution in [3.05, 3.63) is 63.5 Å². The molecule has 1 aliphatic heterocycles. The molecule has 0 saturated carbocycles. The molecule has 3 rings (SSSR count). The Labute approximate surface area is 176 Å². The second kappa shape index (κ2) is 9.02. The zero-order valence-corrected chi connectivity index (χ0v) is 17.0. The number of nitrogens with zero attached hydrogens (tertiary/aromatic N) is 1. The number of ether oxygens (including phenoxy) is 2. The third-order valence-corrected chi connectivity index (χ3v) is 5.10. The van der Waals surface area contributed by atoms with Crippen LogP contribution in [0, 0.1) is 0 Å². The maximum atomic E-state index is 12.3. The lowest BCUT2D eigenvalue weighted by molar-refractivity contribution is -0.127. The highest BCUT2D eigenvalue weighted by atomic mass is 35.5. The molecule has 0 radical (unpaired) electrons. The van der Waals surface area contributed by atoms with Crippen molar-refractivity contribution in [3.63, 3.8) is 0 Å². The van der Waals surface area contributed by atoms with E-state index in [0.717, 1.165) is 22.2 Å². The van der Waals surface area contributed by atoms with E-state index in [2.05, 4.69) is 0 Å². The van der Waals surface area contributed by atoms with Gasteiger partial charge in [-0.2, -0.15) is 0 Å². The zero-order valence-electron chi connectivity index (χ0n) is 15.4. The fourth-order valence-corrected chi connectivity index (χ4v) is 3.68. The van der Waals surface area contributed by atoms with E-state index < -0.39 is 23.6 Å². The van der Waals surface area contributed by atoms with Crippen molar-refractivity contribution in [2.24, 2.45) is 5.73 Å². The minimum absolute atomic E-state index is 0.200. The summed E-state index contributed by atoms with van der Waals surface area (Å²) in [6.07, 6.45) is 1.55. The number of benzene rings is 2. The number of primary amides is 1. The van der Waals surface area contributed by atoms with Crippen molar-refractivity contribution in [1.29, 1.82) is 0 Å². The molecule has 0 atom stereocenters. The molecule has 9 heteroatoms. The number of rotatable bonds is 7. The average Bonchev–Trinajstić information content (AvgIpc) is 2.94. The van der Waals surface area contributed by atoms with Gasteiger partial charge in [-0.1, -0.05) is 29.8 Å². The second-order valence-electron chi connectivity index (χ2n) is 6.06. The van der Waals surface area contributed by atoms with Gasteiger partial charge in [-0.15, -0.1) is 0 Å². The lowest BCUT2D eigenvalue weighted by Crippen LogP contribution is -2.36. The summed E-state index contributed by atoms with van der Waals surface area (Å²) in [6.45, 7) is -0.135. The SMILES string of the molecule is COc1cc(/C=C2\SC(=O)N(CC(N)=O)C2=O)ccc1OCc1cccc(Cl)c1. The van der Waals surface area contributed by atoms with Gasteiger partial charge in [0.25, 0.3) is 11.1 Å². The van der Waals surface area contributed by atoms with Crippen LogP contribution < -0.4 is 15.2 Å². The Morgan fingerprint density at radius 2 is 2.00 bits per heavy atom. The Hall–Kier alpha value is -2.97. The van der Waals surface area contributed by atoms with E-state index in [1.165, 1.54) is 7.11 Å². The first-order valence-corrected chi connectivity index (χ1v) is 9.66. The number of thioether (sulfide) groups is 1. The fourth-order valence-electron chi connectivity index (χ4n) is 2.62. The molecule has 29 heavy (non-hydrogen) atoms. The number of hydrogen-bond acceptors (Lipinski definition) is 6. The summed E-state index contributed by atoms with van der Waals surface area (Å²) >= 11 is 6.73. The first-order valence-electron chi connectivity index (χ1n) is 8.46. The summed E-state index contributed by atoms with van der Waals surface area (Å²) in [5.74, 6) is -0.320. The molecule has 2 aromatic rings. The number of hydrogen-bond donors (Lipinski definition) is 1. The summed E-state index contributed by atoms with van der Waals surface area (Å²) in [5, 5.41) is 0.0900. The third kappa shape index (κ3) is 5.10. The number of carbonyl (C=O) groups is 3. The summed E-state index contributed by atoms with van der Waals surface area (Å²) in [4.78, 5) is 36.3. The number of amides is 3. The molecule has 2 aromatic carbocycles. The van der Waals surface area contributed by atoms with Crippen molar-refractivity contribution in [2.45, 2.75) is 6.61 Å². The smallest absolute Gasteiger partial charge is 0.294 e. The van der Waals surface area contributed by atoms with E-state index in [4.69, 9.17) is 26.8 Å². The topological polar surface area (TPSA) is 98.9 Å². The van der Waals surface area contributed by atoms with Crippen LogP contribution in [-0.2, 0) is 16.2 Å². The molecule has 2 N–H and O–H groups in total. The Balaban J connectivity index is 1.76. The molecule has 1 aliphatic rings. The van der Waals surface area contributed by atoms with Gasteiger partial charge in [0.1, 0.15) is 13.2 Å². The number of halogens is 1. The van der Waals surface area contributed by atoms with E-state index in [0.29, 0.717) is 28.7 Å². The predicted molar refractivity (Wildman–Crippen MR) is 111 cm³/mol. The van der Waals surface area contributed by atoms with Crippen LogP contribution in [0.25, 0.3) is 6.08 Å². The molecule has 1 fully saturated rings. The molecule has 0 aromatic heterocycles. The van der Waals surface area contributed by atoms with Crippen molar-refractivity contribution in [1.82, 2.24) is 4.90 Å². The van der Waals surface area contributed by atoms with Crippen LogP contribution in [0.15, 0.2) is 47.4 Å². The van der Waals surface area contributed by atoms with Crippen molar-refractivity contribution < 1.29 is 23.9 Å². The Bertz CT molecular complexity index is 1010. The van der Waals surface area contributed by atoms with E-state index in [-0.39, 0.29) is 4.91 Å². The molecular formula is C20H17ClN2O5S. The quantitative estimate of drug-likeness (QED) is 0.673. The van der Waals surface area contributed by atoms with Crippen LogP contribution in [0.5, 0.6) is 11.5 Å². The van der Waals surface area contributed by atoms with Gasteiger partial charge >= 0.3 is 0 Å². The average molecular weight is 433 g/mol. The van der Waals surface area contributed by atoms with Gasteiger partial charge in [-0.25, -0.2) is 0 Å². The van der Waals surface area contributed by atoms with Crippen LogP contribution in [0.4, 0.5) is 4.79 Å². The molecule has 0 spiro atoms. The largest absolute Gasteiger partial charge is 0.493 e. The first-order chi connectivity index (χ1) is 13.9. The van der Waals surface area contributed by atoms with Crippen molar-refractivity contribution in [2.75, 3.05) is 13.7 Å². The Kier molecular flexibility index (Phi) is 6.46. The van der Waals surface area contributed by atoms with E-state index in [9.17, 15) is 14.4 Å². The van der Waals surface area contributed by atoms with E-state index >= 15 is 0 Å². The van der Waals surface area contributed by atoms with Gasteiger partial charge in [-0.3, -0.25) is 19.3 Å². The predicted octanol–water partition coefficient (Wildman–Crippen LogP) is 3.45. The molecule has 1 heterocycles. The Morgan fingerprint density at radius 3 is 2.69 bits per heavy atom. The number of carbonyl (C=O) groups excluding carboxylic acids is 3. The van der Waals surface area contributed by atoms with Gasteiger partial charge < -0.3 is 15.2 Å². The summed E-state index contributed by atoms with van der Waals surface area (Å²) in [6, 6.07) is 12.5. The van der Waals surface area contributed by atoms with Gasteiger partial charge in [0.15, 0.2) is 11.5 Å². The molecule has 7 nitrogen and oxygen atoms in total. The van der Waals surface area contributed by atoms with E-state index in [1.807, 2.05) is 18.2 Å². The molecule has 1 saturated heterocycles. The minimum atomic E-state index is -0.753. The maximum absolute atomic E-state index is 12.3. The van der Waals surface area contributed by atoms with Crippen LogP contribution in [-0.4, -0.2) is 35.6 Å². The number of nitrogens with two attached hydrogens (primary N) is 1. The summed E-state index contributed by atoms with van der Waals surface area (Å²) < 4.78 is 11.2. The molecule has 0 bridgehead atoms. The Morgan fingerprint density at radius 1 is 1.21 bits per heavy atom. The van der Waals surface area contributed by atoms with Gasteiger partial charge in [0.05, 0.1) is 12.0 Å². The number of methoxy groups -OCH3 is 1. The van der Waals surface area contributed by atoms with Crippen molar-refractivity contribution >= 4 is 46.5 Å². The summed E-state index contributed by atoms with van der Waals surface area (Å²) in [5.41, 5.74) is 6.63. The van der Waals surface area contributed by atoms with Crippen molar-refractivity contribution in [3.8, 4) is 11.5 Å². The zero-order chi connectivity index (χ0) is 21.0. The molecule has 0 unspecified atom stereocenters. The highest BCUT2D eigenvalue weighted by Crippen LogP contribution is 2.34. The van der Waals surface area contributed by atoms with Crippen LogP contribution >= 0.6 is 23.4 Å². The fraction of sp³-hybridized carbons (Fsp3) is 0.150. The first kappa shape index (κ1) is 20.8. The molecular weight excluding hydrogens is 416 g/mol. The normalized spacial score (nSPS) is 15.1. The minimum Gasteiger partial charge on any atom is -0.493 e. The molecule has 0 aliphatic carbocycles. The van der Waals surface area contributed by atoms with Crippen LogP contribution in [0.1, 0.15) is 11.1 Å². The standard InChI is InChI=1S/C20H17ClN2O5S/c1-27-16-8-12(9-17-19(25)23(10-18(22)24)20(26)29-17)5-6-15(16)28-11-13-3-2-4-14(21)7-13/h2-9H,10-11H2,1H3,(H2,22,24)/b17-9-. The number of imide groups is 1.